The predicted octanol–water partition coefficient (Wildman–Crippen LogP) is 4.53. The number of azide groups is 1. The van der Waals surface area contributed by atoms with Crippen LogP contribution >= 0.6 is 0 Å². The van der Waals surface area contributed by atoms with Crippen molar-refractivity contribution in [1.82, 2.24) is 4.90 Å². The zero-order chi connectivity index (χ0) is 16.9. The monoisotopic (exact) mass is 294 g/mol. The van der Waals surface area contributed by atoms with Gasteiger partial charge in [0.15, 0.2) is 0 Å². The van der Waals surface area contributed by atoms with Gasteiger partial charge in [-0.05, 0) is 69.2 Å². The molecule has 0 unspecified atom stereocenters. The number of guanidine groups is 1. The molecule has 5 nitrogen and oxygen atoms in total. The van der Waals surface area contributed by atoms with E-state index in [-0.39, 0.29) is 22.2 Å². The third-order valence-corrected chi connectivity index (χ3v) is 3.95. The second-order valence-corrected chi connectivity index (χ2v) is 9.30. The van der Waals surface area contributed by atoms with Gasteiger partial charge in [0.1, 0.15) is 0 Å². The Morgan fingerprint density at radius 1 is 1.10 bits per heavy atom. The molecule has 0 radical (unpaired) electrons. The van der Waals surface area contributed by atoms with Crippen molar-refractivity contribution in [3.05, 3.63) is 10.4 Å². The molecule has 0 spiro atoms. The van der Waals surface area contributed by atoms with Gasteiger partial charge in [0.25, 0.3) is 0 Å². The quantitative estimate of drug-likeness (QED) is 0.280. The average Bonchev–Trinajstić information content (AvgIpc) is 2.07. The Hall–Kier alpha value is -1.22. The molecule has 1 rings (SSSR count). The minimum absolute atomic E-state index is 0.0764. The molecule has 0 saturated heterocycles. The van der Waals surface area contributed by atoms with Crippen LogP contribution in [0, 0.1) is 0 Å². The summed E-state index contributed by atoms with van der Waals surface area (Å²) in [6.45, 7) is 21.9. The molecule has 1 heterocycles. The van der Waals surface area contributed by atoms with Crippen LogP contribution in [0.4, 0.5) is 0 Å². The van der Waals surface area contributed by atoms with Crippen LogP contribution in [0.3, 0.4) is 0 Å². The lowest BCUT2D eigenvalue weighted by Crippen LogP contribution is -2.69. The Morgan fingerprint density at radius 3 is 1.90 bits per heavy atom. The van der Waals surface area contributed by atoms with E-state index in [1.165, 1.54) is 0 Å². The molecule has 0 aliphatic carbocycles. The van der Waals surface area contributed by atoms with Crippen LogP contribution in [0.2, 0.25) is 0 Å². The number of hydrogen-bond donors (Lipinski definition) is 0. The molecule has 0 saturated carbocycles. The minimum Gasteiger partial charge on any atom is -0.246 e. The first-order valence-corrected chi connectivity index (χ1v) is 7.67. The molecular formula is C16H32N5+. The summed E-state index contributed by atoms with van der Waals surface area (Å²) in [5.41, 5.74) is 8.72. The second-order valence-electron chi connectivity index (χ2n) is 9.30. The van der Waals surface area contributed by atoms with Gasteiger partial charge in [0.2, 0.25) is 4.91 Å². The van der Waals surface area contributed by atoms with Gasteiger partial charge in [0, 0.05) is 12.0 Å². The lowest BCUT2D eigenvalue weighted by atomic mass is 9.79. The van der Waals surface area contributed by atoms with Crippen LogP contribution < -0.4 is 0 Å². The zero-order valence-corrected chi connectivity index (χ0v) is 15.4. The van der Waals surface area contributed by atoms with Crippen LogP contribution in [0.15, 0.2) is 5.11 Å². The standard InChI is InChI=1S/C16H32N5/c1-13(2,3)20-12(18-19-17)21(14(4,5)6)16(9,10)11-15(20,7)8/h11H2,1-10H3/q+1. The Balaban J connectivity index is 3.81. The fourth-order valence-electron chi connectivity index (χ4n) is 4.40. The third-order valence-electron chi connectivity index (χ3n) is 3.95. The van der Waals surface area contributed by atoms with Crippen molar-refractivity contribution in [2.24, 2.45) is 5.11 Å². The maximum absolute atomic E-state index is 9.11. The SMILES string of the molecule is CC(C)(C)N1C(N=[N+]=[N-])=[N+](C(C)(C)C)C(C)(C)CC1(C)C. The second kappa shape index (κ2) is 4.91. The summed E-state index contributed by atoms with van der Waals surface area (Å²) in [7, 11) is 0. The number of nitrogens with zero attached hydrogens (tertiary/aromatic N) is 5. The molecule has 0 amide bonds. The molecule has 1 aliphatic rings. The molecule has 0 bridgehead atoms. The summed E-state index contributed by atoms with van der Waals surface area (Å²) >= 11 is 0. The summed E-state index contributed by atoms with van der Waals surface area (Å²) in [6.07, 6.45) is 0.999. The smallest absolute Gasteiger partial charge is 0.246 e. The Bertz CT molecular complexity index is 494. The van der Waals surface area contributed by atoms with Crippen LogP contribution in [-0.4, -0.2) is 37.6 Å². The van der Waals surface area contributed by atoms with Gasteiger partial charge in [-0.2, -0.15) is 0 Å². The van der Waals surface area contributed by atoms with Gasteiger partial charge in [0.05, 0.1) is 22.2 Å². The number of rotatable bonds is 0. The lowest BCUT2D eigenvalue weighted by molar-refractivity contribution is -0.674. The fourth-order valence-corrected chi connectivity index (χ4v) is 4.40. The van der Waals surface area contributed by atoms with Gasteiger partial charge in [-0.15, -0.1) is 0 Å². The molecule has 0 aromatic heterocycles. The first-order chi connectivity index (χ1) is 9.14. The Labute approximate surface area is 129 Å². The largest absolute Gasteiger partial charge is 0.478 e. The van der Waals surface area contributed by atoms with Crippen molar-refractivity contribution >= 4 is 5.96 Å². The highest BCUT2D eigenvalue weighted by Gasteiger charge is 2.57. The van der Waals surface area contributed by atoms with Crippen molar-refractivity contribution in [3.63, 3.8) is 0 Å². The maximum atomic E-state index is 9.11. The van der Waals surface area contributed by atoms with Crippen LogP contribution in [0.1, 0.15) is 75.7 Å². The average molecular weight is 294 g/mol. The molecule has 1 aliphatic heterocycles. The van der Waals surface area contributed by atoms with E-state index >= 15 is 0 Å². The normalized spacial score (nSPS) is 22.1. The van der Waals surface area contributed by atoms with Gasteiger partial charge >= 0.3 is 11.1 Å². The molecule has 5 heteroatoms. The van der Waals surface area contributed by atoms with Crippen molar-refractivity contribution in [3.8, 4) is 0 Å². The number of hydrogen-bond acceptors (Lipinski definition) is 2. The molecule has 0 fully saturated rings. The molecule has 0 N–H and O–H groups in total. The first-order valence-electron chi connectivity index (χ1n) is 7.67. The van der Waals surface area contributed by atoms with Crippen LogP contribution in [0.25, 0.3) is 10.4 Å². The fraction of sp³-hybridized carbons (Fsp3) is 0.938. The van der Waals surface area contributed by atoms with Gasteiger partial charge < -0.3 is 0 Å². The summed E-state index contributed by atoms with van der Waals surface area (Å²) in [6, 6.07) is 0. The van der Waals surface area contributed by atoms with Gasteiger partial charge in [-0.25, -0.2) is 9.48 Å². The van der Waals surface area contributed by atoms with E-state index in [2.05, 4.69) is 88.7 Å². The van der Waals surface area contributed by atoms with Crippen molar-refractivity contribution in [1.29, 1.82) is 0 Å². The predicted molar refractivity (Wildman–Crippen MR) is 88.5 cm³/mol. The maximum Gasteiger partial charge on any atom is 0.478 e. The van der Waals surface area contributed by atoms with E-state index in [4.69, 9.17) is 5.53 Å². The summed E-state index contributed by atoms with van der Waals surface area (Å²) < 4.78 is 2.27. The third kappa shape index (κ3) is 3.34. The molecule has 120 valence electrons. The highest BCUT2D eigenvalue weighted by atomic mass is 15.5. The van der Waals surface area contributed by atoms with Crippen molar-refractivity contribution in [2.75, 3.05) is 0 Å². The summed E-state index contributed by atoms with van der Waals surface area (Å²) in [5.74, 6) is 0.735. The van der Waals surface area contributed by atoms with E-state index in [1.807, 2.05) is 0 Å². The van der Waals surface area contributed by atoms with E-state index in [0.29, 0.717) is 0 Å². The highest BCUT2D eigenvalue weighted by Crippen LogP contribution is 2.40. The van der Waals surface area contributed by atoms with Crippen molar-refractivity contribution < 1.29 is 4.58 Å². The lowest BCUT2D eigenvalue weighted by Gasteiger charge is -2.52. The summed E-state index contributed by atoms with van der Waals surface area (Å²) in [5, 5.41) is 4.12. The van der Waals surface area contributed by atoms with Crippen molar-refractivity contribution in [2.45, 2.75) is 97.8 Å². The topological polar surface area (TPSA) is 55.0 Å². The van der Waals surface area contributed by atoms with E-state index in [1.54, 1.807) is 0 Å². The van der Waals surface area contributed by atoms with E-state index < -0.39 is 0 Å². The zero-order valence-electron chi connectivity index (χ0n) is 15.4. The molecule has 0 atom stereocenters. The molecule has 0 aromatic carbocycles. The summed E-state index contributed by atoms with van der Waals surface area (Å²) in [4.78, 5) is 5.40. The minimum atomic E-state index is -0.118. The van der Waals surface area contributed by atoms with Gasteiger partial charge in [-0.3, -0.25) is 0 Å². The van der Waals surface area contributed by atoms with E-state index in [9.17, 15) is 0 Å². The van der Waals surface area contributed by atoms with Crippen LogP contribution in [-0.2, 0) is 0 Å². The molecule has 21 heavy (non-hydrogen) atoms. The molecule has 0 aromatic rings. The highest BCUT2D eigenvalue weighted by molar-refractivity contribution is 5.78. The van der Waals surface area contributed by atoms with Gasteiger partial charge in [-0.1, -0.05) is 0 Å². The van der Waals surface area contributed by atoms with E-state index in [0.717, 1.165) is 12.4 Å². The van der Waals surface area contributed by atoms with Crippen LogP contribution in [0.5, 0.6) is 0 Å². The first kappa shape index (κ1) is 17.8. The Kier molecular flexibility index (Phi) is 4.17. The molecular weight excluding hydrogens is 262 g/mol. The Morgan fingerprint density at radius 2 is 1.57 bits per heavy atom.